The molecule has 2 amide bonds. The van der Waals surface area contributed by atoms with Crippen LogP contribution in [0.5, 0.6) is 5.75 Å². The molecule has 5 nitrogen and oxygen atoms in total. The Morgan fingerprint density at radius 3 is 2.33 bits per heavy atom. The lowest BCUT2D eigenvalue weighted by Gasteiger charge is -2.17. The lowest BCUT2D eigenvalue weighted by molar-refractivity contribution is -0.125. The minimum absolute atomic E-state index is 0.0205. The molecule has 1 saturated carbocycles. The van der Waals surface area contributed by atoms with Gasteiger partial charge >= 0.3 is 0 Å². The fourth-order valence-electron chi connectivity index (χ4n) is 3.73. The van der Waals surface area contributed by atoms with Gasteiger partial charge in [-0.05, 0) is 42.7 Å². The Bertz CT molecular complexity index is 815. The third kappa shape index (κ3) is 3.82. The van der Waals surface area contributed by atoms with Gasteiger partial charge in [0.1, 0.15) is 5.75 Å². The molecule has 2 unspecified atom stereocenters. The molecule has 0 bridgehead atoms. The first-order valence-corrected chi connectivity index (χ1v) is 9.44. The quantitative estimate of drug-likeness (QED) is 0.888. The fraction of sp³-hybridized carbons (Fsp3) is 0.364. The zero-order valence-corrected chi connectivity index (χ0v) is 15.4. The summed E-state index contributed by atoms with van der Waals surface area (Å²) in [4.78, 5) is 27.6. The highest BCUT2D eigenvalue weighted by Crippen LogP contribution is 2.34. The van der Waals surface area contributed by atoms with E-state index in [1.165, 1.54) is 0 Å². The van der Waals surface area contributed by atoms with Crippen molar-refractivity contribution in [3.8, 4) is 5.75 Å². The van der Waals surface area contributed by atoms with Crippen LogP contribution >= 0.6 is 0 Å². The molecule has 1 N–H and O–H groups in total. The normalized spacial score (nSPS) is 21.7. The molecule has 2 fully saturated rings. The molecule has 1 heterocycles. The number of likely N-dealkylation sites (tertiary alicyclic amines) is 1. The summed E-state index contributed by atoms with van der Waals surface area (Å²) in [6, 6.07) is 17.5. The Labute approximate surface area is 159 Å². The van der Waals surface area contributed by atoms with E-state index in [1.54, 1.807) is 36.3 Å². The van der Waals surface area contributed by atoms with Crippen LogP contribution in [0.1, 0.15) is 34.7 Å². The molecule has 140 valence electrons. The van der Waals surface area contributed by atoms with E-state index in [1.807, 2.05) is 30.3 Å². The van der Waals surface area contributed by atoms with E-state index in [2.05, 4.69) is 5.32 Å². The maximum atomic E-state index is 13.0. The third-order valence-electron chi connectivity index (χ3n) is 5.43. The van der Waals surface area contributed by atoms with Gasteiger partial charge in [0.15, 0.2) is 0 Å². The molecule has 0 radical (unpaired) electrons. The summed E-state index contributed by atoms with van der Waals surface area (Å²) < 4.78 is 5.16. The number of nitrogens with zero attached hydrogens (tertiary/aromatic N) is 1. The van der Waals surface area contributed by atoms with Gasteiger partial charge in [0.2, 0.25) is 5.91 Å². The van der Waals surface area contributed by atoms with Crippen molar-refractivity contribution >= 4 is 11.8 Å². The van der Waals surface area contributed by atoms with Gasteiger partial charge in [-0.2, -0.15) is 0 Å². The zero-order chi connectivity index (χ0) is 18.8. The second kappa shape index (κ2) is 7.43. The van der Waals surface area contributed by atoms with Crippen LogP contribution < -0.4 is 10.1 Å². The molecule has 2 atom stereocenters. The highest BCUT2D eigenvalue weighted by molar-refractivity contribution is 5.95. The van der Waals surface area contributed by atoms with E-state index in [0.29, 0.717) is 24.7 Å². The lowest BCUT2D eigenvalue weighted by Crippen LogP contribution is -2.36. The maximum absolute atomic E-state index is 13.0. The number of rotatable bonds is 5. The van der Waals surface area contributed by atoms with Crippen LogP contribution in [0.2, 0.25) is 0 Å². The van der Waals surface area contributed by atoms with Crippen LogP contribution in [0.4, 0.5) is 0 Å². The average Bonchev–Trinajstić information content (AvgIpc) is 3.41. The fourth-order valence-corrected chi connectivity index (χ4v) is 3.73. The number of carbonyl (C=O) groups excluding carboxylic acids is 2. The first-order valence-electron chi connectivity index (χ1n) is 9.44. The number of ether oxygens (including phenoxy) is 1. The van der Waals surface area contributed by atoms with E-state index in [0.717, 1.165) is 24.2 Å². The van der Waals surface area contributed by atoms with E-state index < -0.39 is 0 Å². The van der Waals surface area contributed by atoms with Gasteiger partial charge in [0, 0.05) is 30.6 Å². The zero-order valence-electron chi connectivity index (χ0n) is 15.4. The van der Waals surface area contributed by atoms with Crippen molar-refractivity contribution in [1.82, 2.24) is 10.2 Å². The van der Waals surface area contributed by atoms with Crippen molar-refractivity contribution in [3.05, 3.63) is 65.7 Å². The predicted molar refractivity (Wildman–Crippen MR) is 103 cm³/mol. The van der Waals surface area contributed by atoms with Crippen molar-refractivity contribution in [2.75, 3.05) is 20.2 Å². The maximum Gasteiger partial charge on any atom is 0.253 e. The Morgan fingerprint density at radius 2 is 1.70 bits per heavy atom. The number of nitrogens with one attached hydrogen (secondary N) is 1. The Hall–Kier alpha value is -2.82. The summed E-state index contributed by atoms with van der Waals surface area (Å²) in [5, 5.41) is 3.12. The molecule has 0 aromatic heterocycles. The first kappa shape index (κ1) is 17.6. The highest BCUT2D eigenvalue weighted by Gasteiger charge is 2.41. The van der Waals surface area contributed by atoms with E-state index >= 15 is 0 Å². The molecule has 5 heteroatoms. The van der Waals surface area contributed by atoms with Gasteiger partial charge in [0.05, 0.1) is 13.0 Å². The van der Waals surface area contributed by atoms with Gasteiger partial charge in [0.25, 0.3) is 5.91 Å². The van der Waals surface area contributed by atoms with Crippen LogP contribution in [0.15, 0.2) is 54.6 Å². The van der Waals surface area contributed by atoms with Crippen LogP contribution in [-0.4, -0.2) is 43.0 Å². The Kier molecular flexibility index (Phi) is 4.84. The van der Waals surface area contributed by atoms with Crippen molar-refractivity contribution in [2.45, 2.75) is 24.8 Å². The second-order valence-corrected chi connectivity index (χ2v) is 7.35. The number of carbonyl (C=O) groups is 2. The number of methoxy groups -OCH3 is 1. The first-order chi connectivity index (χ1) is 13.2. The summed E-state index contributed by atoms with van der Waals surface area (Å²) in [5.41, 5.74) is 1.73. The van der Waals surface area contributed by atoms with Gasteiger partial charge in [-0.25, -0.2) is 0 Å². The van der Waals surface area contributed by atoms with Crippen molar-refractivity contribution in [3.63, 3.8) is 0 Å². The molecule has 1 saturated heterocycles. The van der Waals surface area contributed by atoms with E-state index in [4.69, 9.17) is 4.74 Å². The summed E-state index contributed by atoms with van der Waals surface area (Å²) in [5.74, 6) is 0.552. The van der Waals surface area contributed by atoms with Gasteiger partial charge < -0.3 is 15.0 Å². The van der Waals surface area contributed by atoms with Crippen LogP contribution in [-0.2, 0) is 4.79 Å². The lowest BCUT2D eigenvalue weighted by atomic mass is 9.88. The summed E-state index contributed by atoms with van der Waals surface area (Å²) in [6.45, 7) is 1.00. The molecule has 4 rings (SSSR count). The standard InChI is InChI=1S/C22H24N2O3/c1-27-18-11-7-16(8-12-18)22(26)24-13-19(15-5-3-2-4-6-15)20(14-24)21(25)23-17-9-10-17/h2-8,11-12,17,19-20H,9-10,13-14H2,1H3,(H,23,25). The van der Waals surface area contributed by atoms with Crippen molar-refractivity contribution in [2.24, 2.45) is 5.92 Å². The SMILES string of the molecule is COc1ccc(C(=O)N2CC(C(=O)NC3CC3)C(c3ccccc3)C2)cc1. The minimum Gasteiger partial charge on any atom is -0.497 e. The monoisotopic (exact) mass is 364 g/mol. The summed E-state index contributed by atoms with van der Waals surface area (Å²) in [7, 11) is 1.60. The third-order valence-corrected chi connectivity index (χ3v) is 5.43. The molecular weight excluding hydrogens is 340 g/mol. The van der Waals surface area contributed by atoms with Crippen molar-refractivity contribution in [1.29, 1.82) is 0 Å². The molecule has 27 heavy (non-hydrogen) atoms. The van der Waals surface area contributed by atoms with E-state index in [-0.39, 0.29) is 23.7 Å². The molecule has 1 aliphatic heterocycles. The molecule has 0 spiro atoms. The van der Waals surface area contributed by atoms with Crippen molar-refractivity contribution < 1.29 is 14.3 Å². The average molecular weight is 364 g/mol. The summed E-state index contributed by atoms with van der Waals surface area (Å²) >= 11 is 0. The molecular formula is C22H24N2O3. The molecule has 2 aromatic rings. The van der Waals surface area contributed by atoms with Crippen LogP contribution in [0.3, 0.4) is 0 Å². The molecule has 1 aliphatic carbocycles. The van der Waals surface area contributed by atoms with E-state index in [9.17, 15) is 9.59 Å². The number of hydrogen-bond donors (Lipinski definition) is 1. The Morgan fingerprint density at radius 1 is 1.00 bits per heavy atom. The van der Waals surface area contributed by atoms with Crippen LogP contribution in [0.25, 0.3) is 0 Å². The topological polar surface area (TPSA) is 58.6 Å². The largest absolute Gasteiger partial charge is 0.497 e. The number of hydrogen-bond acceptors (Lipinski definition) is 3. The number of amides is 2. The second-order valence-electron chi connectivity index (χ2n) is 7.35. The molecule has 2 aromatic carbocycles. The predicted octanol–water partition coefficient (Wildman–Crippen LogP) is 2.83. The van der Waals surface area contributed by atoms with Gasteiger partial charge in [-0.15, -0.1) is 0 Å². The smallest absolute Gasteiger partial charge is 0.253 e. The van der Waals surface area contributed by atoms with Gasteiger partial charge in [-0.1, -0.05) is 30.3 Å². The number of benzene rings is 2. The van der Waals surface area contributed by atoms with Crippen LogP contribution in [0, 0.1) is 5.92 Å². The summed E-state index contributed by atoms with van der Waals surface area (Å²) in [6.07, 6.45) is 2.12. The van der Waals surface area contributed by atoms with Gasteiger partial charge in [-0.3, -0.25) is 9.59 Å². The molecule has 2 aliphatic rings. The Balaban J connectivity index is 1.55. The highest BCUT2D eigenvalue weighted by atomic mass is 16.5. The minimum atomic E-state index is -0.213.